The second-order valence-electron chi connectivity index (χ2n) is 6.54. The summed E-state index contributed by atoms with van der Waals surface area (Å²) in [5, 5.41) is 6.64. The molecular formula is C18H29BrFIN4O. The van der Waals surface area contributed by atoms with Gasteiger partial charge in [-0.2, -0.15) is 0 Å². The Balaban J connectivity index is 0.00000338. The molecule has 0 radical (unpaired) electrons. The highest BCUT2D eigenvalue weighted by Gasteiger charge is 2.23. The van der Waals surface area contributed by atoms with Crippen molar-refractivity contribution in [2.24, 2.45) is 10.9 Å². The maximum atomic E-state index is 13.5. The number of rotatable bonds is 6. The predicted molar refractivity (Wildman–Crippen MR) is 119 cm³/mol. The standard InChI is InChI=1S/C18H28BrFN4O.HI/c1-13(2)17(24-4-6-25-7-5-24)12-23-18(21-3)22-11-14-8-15(19)10-16(20)9-14;/h8-10,13,17H,4-7,11-12H2,1-3H3,(H2,21,22,23);1H. The van der Waals surface area contributed by atoms with E-state index in [1.54, 1.807) is 7.05 Å². The van der Waals surface area contributed by atoms with E-state index in [0.717, 1.165) is 48.8 Å². The fourth-order valence-corrected chi connectivity index (χ4v) is 3.53. The van der Waals surface area contributed by atoms with E-state index in [0.29, 0.717) is 18.5 Å². The van der Waals surface area contributed by atoms with Crippen LogP contribution >= 0.6 is 39.9 Å². The van der Waals surface area contributed by atoms with E-state index < -0.39 is 0 Å². The zero-order chi connectivity index (χ0) is 18.2. The molecule has 1 aromatic carbocycles. The first kappa shape index (κ1) is 23.6. The fraction of sp³-hybridized carbons (Fsp3) is 0.611. The number of nitrogens with one attached hydrogen (secondary N) is 2. The third-order valence-corrected chi connectivity index (χ3v) is 4.83. The summed E-state index contributed by atoms with van der Waals surface area (Å²) in [6.07, 6.45) is 0. The summed E-state index contributed by atoms with van der Waals surface area (Å²) in [5.74, 6) is 1.00. The fourth-order valence-electron chi connectivity index (χ4n) is 3.02. The van der Waals surface area contributed by atoms with Crippen LogP contribution in [0, 0.1) is 11.7 Å². The van der Waals surface area contributed by atoms with E-state index in [1.807, 2.05) is 6.07 Å². The molecule has 1 aromatic rings. The Hall–Kier alpha value is -0.450. The molecule has 0 saturated carbocycles. The highest BCUT2D eigenvalue weighted by molar-refractivity contribution is 14.0. The third kappa shape index (κ3) is 7.66. The van der Waals surface area contributed by atoms with Crippen molar-refractivity contribution in [2.45, 2.75) is 26.4 Å². The maximum Gasteiger partial charge on any atom is 0.191 e. The molecule has 1 heterocycles. The molecule has 8 heteroatoms. The van der Waals surface area contributed by atoms with Gasteiger partial charge < -0.3 is 15.4 Å². The normalized spacial score (nSPS) is 16.9. The molecule has 2 rings (SSSR count). The Bertz CT molecular complexity index is 562. The van der Waals surface area contributed by atoms with Crippen molar-refractivity contribution in [1.29, 1.82) is 0 Å². The van der Waals surface area contributed by atoms with Crippen molar-refractivity contribution < 1.29 is 9.13 Å². The smallest absolute Gasteiger partial charge is 0.191 e. The SMILES string of the molecule is CN=C(NCc1cc(F)cc(Br)c1)NCC(C(C)C)N1CCOCC1.I. The number of hydrogen-bond acceptors (Lipinski definition) is 3. The molecule has 5 nitrogen and oxygen atoms in total. The average molecular weight is 543 g/mol. The van der Waals surface area contributed by atoms with E-state index in [-0.39, 0.29) is 29.8 Å². The summed E-state index contributed by atoms with van der Waals surface area (Å²) < 4.78 is 19.6. The molecule has 2 N–H and O–H groups in total. The number of morpholine rings is 1. The second-order valence-corrected chi connectivity index (χ2v) is 7.46. The van der Waals surface area contributed by atoms with Gasteiger partial charge >= 0.3 is 0 Å². The van der Waals surface area contributed by atoms with Gasteiger partial charge in [0.25, 0.3) is 0 Å². The lowest BCUT2D eigenvalue weighted by Crippen LogP contribution is -2.52. The van der Waals surface area contributed by atoms with Gasteiger partial charge in [0.1, 0.15) is 5.82 Å². The van der Waals surface area contributed by atoms with Gasteiger partial charge in [0.15, 0.2) is 5.96 Å². The number of hydrogen-bond donors (Lipinski definition) is 2. The first-order valence-electron chi connectivity index (χ1n) is 8.71. The number of halogens is 3. The van der Waals surface area contributed by atoms with Crippen LogP contribution in [0.15, 0.2) is 27.7 Å². The van der Waals surface area contributed by atoms with E-state index in [2.05, 4.69) is 50.3 Å². The lowest BCUT2D eigenvalue weighted by Gasteiger charge is -2.37. The lowest BCUT2D eigenvalue weighted by atomic mass is 10.0. The molecule has 1 saturated heterocycles. The Morgan fingerprint density at radius 3 is 2.54 bits per heavy atom. The monoisotopic (exact) mass is 542 g/mol. The van der Waals surface area contributed by atoms with Gasteiger partial charge in [0.05, 0.1) is 13.2 Å². The van der Waals surface area contributed by atoms with Crippen LogP contribution in [0.25, 0.3) is 0 Å². The molecule has 1 unspecified atom stereocenters. The molecule has 0 bridgehead atoms. The summed E-state index contributed by atoms with van der Waals surface area (Å²) >= 11 is 3.32. The minimum Gasteiger partial charge on any atom is -0.379 e. The van der Waals surface area contributed by atoms with Crippen molar-refractivity contribution in [2.75, 3.05) is 39.9 Å². The van der Waals surface area contributed by atoms with E-state index in [4.69, 9.17) is 4.74 Å². The highest BCUT2D eigenvalue weighted by Crippen LogP contribution is 2.15. The summed E-state index contributed by atoms with van der Waals surface area (Å²) in [5.41, 5.74) is 0.864. The van der Waals surface area contributed by atoms with Crippen molar-refractivity contribution in [3.05, 3.63) is 34.1 Å². The van der Waals surface area contributed by atoms with E-state index in [9.17, 15) is 4.39 Å². The topological polar surface area (TPSA) is 48.9 Å². The summed E-state index contributed by atoms with van der Waals surface area (Å²) in [7, 11) is 1.75. The van der Waals surface area contributed by atoms with Crippen LogP contribution in [0.1, 0.15) is 19.4 Å². The first-order valence-corrected chi connectivity index (χ1v) is 9.50. The van der Waals surface area contributed by atoms with Gasteiger partial charge in [-0.05, 0) is 29.7 Å². The van der Waals surface area contributed by atoms with Gasteiger partial charge in [-0.15, -0.1) is 24.0 Å². The van der Waals surface area contributed by atoms with Crippen LogP contribution in [0.4, 0.5) is 4.39 Å². The van der Waals surface area contributed by atoms with Crippen LogP contribution < -0.4 is 10.6 Å². The number of benzene rings is 1. The summed E-state index contributed by atoms with van der Waals surface area (Å²) in [4.78, 5) is 6.74. The van der Waals surface area contributed by atoms with Crippen molar-refractivity contribution >= 4 is 45.9 Å². The largest absolute Gasteiger partial charge is 0.379 e. The van der Waals surface area contributed by atoms with Crippen LogP contribution in [-0.2, 0) is 11.3 Å². The molecule has 1 aliphatic rings. The van der Waals surface area contributed by atoms with Gasteiger partial charge in [0, 0.05) is 43.7 Å². The third-order valence-electron chi connectivity index (χ3n) is 4.37. The zero-order valence-electron chi connectivity index (χ0n) is 15.6. The minimum atomic E-state index is -0.249. The molecule has 148 valence electrons. The van der Waals surface area contributed by atoms with Crippen molar-refractivity contribution in [3.63, 3.8) is 0 Å². The van der Waals surface area contributed by atoms with Crippen LogP contribution in [-0.4, -0.2) is 56.8 Å². The molecular weight excluding hydrogens is 514 g/mol. The quantitative estimate of drug-likeness (QED) is 0.329. The molecule has 26 heavy (non-hydrogen) atoms. The maximum absolute atomic E-state index is 13.5. The number of nitrogens with zero attached hydrogens (tertiary/aromatic N) is 2. The van der Waals surface area contributed by atoms with Crippen molar-refractivity contribution in [1.82, 2.24) is 15.5 Å². The first-order chi connectivity index (χ1) is 12.0. The molecule has 1 fully saturated rings. The molecule has 0 spiro atoms. The number of guanidine groups is 1. The minimum absolute atomic E-state index is 0. The Morgan fingerprint density at radius 2 is 1.96 bits per heavy atom. The predicted octanol–water partition coefficient (Wildman–Crippen LogP) is 3.23. The summed E-state index contributed by atoms with van der Waals surface area (Å²) in [6, 6.07) is 5.29. The lowest BCUT2D eigenvalue weighted by molar-refractivity contribution is 0.00752. The molecule has 0 amide bonds. The Morgan fingerprint density at radius 1 is 1.27 bits per heavy atom. The molecule has 0 aromatic heterocycles. The van der Waals surface area contributed by atoms with Crippen LogP contribution in [0.3, 0.4) is 0 Å². The van der Waals surface area contributed by atoms with Gasteiger partial charge in [-0.3, -0.25) is 9.89 Å². The van der Waals surface area contributed by atoms with Crippen LogP contribution in [0.5, 0.6) is 0 Å². The van der Waals surface area contributed by atoms with Gasteiger partial charge in [-0.25, -0.2) is 4.39 Å². The second kappa shape index (κ2) is 12.1. The molecule has 1 atom stereocenters. The summed E-state index contributed by atoms with van der Waals surface area (Å²) in [6.45, 7) is 9.33. The Labute approximate surface area is 181 Å². The van der Waals surface area contributed by atoms with E-state index >= 15 is 0 Å². The van der Waals surface area contributed by atoms with Gasteiger partial charge in [0.2, 0.25) is 0 Å². The average Bonchev–Trinajstić information content (AvgIpc) is 2.57. The van der Waals surface area contributed by atoms with Crippen LogP contribution in [0.2, 0.25) is 0 Å². The van der Waals surface area contributed by atoms with Gasteiger partial charge in [-0.1, -0.05) is 29.8 Å². The Kier molecular flexibility index (Phi) is 11.0. The number of aliphatic imine (C=N–C) groups is 1. The molecule has 1 aliphatic heterocycles. The number of ether oxygens (including phenoxy) is 1. The van der Waals surface area contributed by atoms with E-state index in [1.165, 1.54) is 12.1 Å². The molecule has 0 aliphatic carbocycles. The zero-order valence-corrected chi connectivity index (χ0v) is 19.5. The highest BCUT2D eigenvalue weighted by atomic mass is 127. The van der Waals surface area contributed by atoms with Crippen molar-refractivity contribution in [3.8, 4) is 0 Å².